The maximum absolute atomic E-state index is 12.0. The lowest BCUT2D eigenvalue weighted by Gasteiger charge is -2.26. The molecule has 0 aliphatic carbocycles. The van der Waals surface area contributed by atoms with Gasteiger partial charge in [-0.1, -0.05) is 19.1 Å². The predicted molar refractivity (Wildman–Crippen MR) is 79.6 cm³/mol. The van der Waals surface area contributed by atoms with Crippen LogP contribution < -0.4 is 0 Å². The molecule has 5 heteroatoms. The zero-order valence-electron chi connectivity index (χ0n) is 11.2. The Balaban J connectivity index is 3.17. The molecule has 0 amide bonds. The Hall–Kier alpha value is -1.11. The highest BCUT2D eigenvalue weighted by Gasteiger charge is 2.46. The number of carbonyl (C=O) groups is 2. The molecule has 1 aromatic rings. The van der Waals surface area contributed by atoms with E-state index in [1.54, 1.807) is 6.92 Å². The van der Waals surface area contributed by atoms with Crippen LogP contribution in [0.2, 0.25) is 0 Å². The zero-order chi connectivity index (χ0) is 14.5. The van der Waals surface area contributed by atoms with Crippen molar-refractivity contribution in [1.82, 2.24) is 0 Å². The Labute approximate surface area is 126 Å². The molecule has 19 heavy (non-hydrogen) atoms. The first-order valence-electron chi connectivity index (χ1n) is 5.91. The summed E-state index contributed by atoms with van der Waals surface area (Å²) in [5.74, 6) is -1.11. The van der Waals surface area contributed by atoms with Crippen LogP contribution in [0.5, 0.6) is 0 Å². The topological polar surface area (TPSA) is 52.6 Å². The van der Waals surface area contributed by atoms with Crippen molar-refractivity contribution < 1.29 is 19.1 Å². The average Bonchev–Trinajstić information content (AvgIpc) is 2.43. The van der Waals surface area contributed by atoms with Gasteiger partial charge in [-0.15, -0.1) is 0 Å². The molecule has 1 rings (SSSR count). The van der Waals surface area contributed by atoms with Crippen LogP contribution >= 0.6 is 22.6 Å². The fraction of sp³-hybridized carbons (Fsp3) is 0.429. The van der Waals surface area contributed by atoms with Gasteiger partial charge in [-0.05, 0) is 53.1 Å². The largest absolute Gasteiger partial charge is 0.468 e. The van der Waals surface area contributed by atoms with Gasteiger partial charge in [-0.25, -0.2) is 0 Å². The van der Waals surface area contributed by atoms with Crippen molar-refractivity contribution in [2.75, 3.05) is 14.2 Å². The smallest absolute Gasteiger partial charge is 0.323 e. The summed E-state index contributed by atoms with van der Waals surface area (Å²) in [5.41, 5.74) is -0.363. The van der Waals surface area contributed by atoms with E-state index in [-0.39, 0.29) is 6.42 Å². The summed E-state index contributed by atoms with van der Waals surface area (Å²) in [5, 5.41) is 0. The first-order chi connectivity index (χ1) is 9.00. The Morgan fingerprint density at radius 2 is 1.79 bits per heavy atom. The van der Waals surface area contributed by atoms with E-state index in [9.17, 15) is 9.59 Å². The summed E-state index contributed by atoms with van der Waals surface area (Å²) in [6.45, 7) is 1.78. The van der Waals surface area contributed by atoms with Crippen LogP contribution in [0.3, 0.4) is 0 Å². The quantitative estimate of drug-likeness (QED) is 0.450. The van der Waals surface area contributed by atoms with E-state index in [4.69, 9.17) is 9.47 Å². The lowest BCUT2D eigenvalue weighted by molar-refractivity contribution is -0.169. The van der Waals surface area contributed by atoms with Gasteiger partial charge in [0.25, 0.3) is 0 Å². The van der Waals surface area contributed by atoms with Gasteiger partial charge in [0, 0.05) is 3.57 Å². The molecular formula is C14H17IO4. The molecule has 0 aliphatic rings. The van der Waals surface area contributed by atoms with Crippen LogP contribution in [-0.4, -0.2) is 26.2 Å². The average molecular weight is 376 g/mol. The number of halogens is 1. The molecule has 0 spiro atoms. The molecule has 0 saturated heterocycles. The summed E-state index contributed by atoms with van der Waals surface area (Å²) in [6.07, 6.45) is 0.609. The van der Waals surface area contributed by atoms with Crippen molar-refractivity contribution in [1.29, 1.82) is 0 Å². The molecule has 1 aromatic carbocycles. The van der Waals surface area contributed by atoms with Gasteiger partial charge >= 0.3 is 11.9 Å². The van der Waals surface area contributed by atoms with Crippen molar-refractivity contribution in [2.24, 2.45) is 5.41 Å². The molecule has 0 saturated carbocycles. The predicted octanol–water partition coefficient (Wildman–Crippen LogP) is 2.58. The fourth-order valence-corrected chi connectivity index (χ4v) is 2.64. The summed E-state index contributed by atoms with van der Waals surface area (Å²) in [4.78, 5) is 24.1. The molecule has 0 atom stereocenters. The van der Waals surface area contributed by atoms with Crippen LogP contribution in [0.15, 0.2) is 24.3 Å². The third-order valence-corrected chi connectivity index (χ3v) is 3.82. The number of benzene rings is 1. The van der Waals surface area contributed by atoms with Crippen LogP contribution in [0.4, 0.5) is 0 Å². The second kappa shape index (κ2) is 6.88. The molecule has 104 valence electrons. The Kier molecular flexibility index (Phi) is 5.78. The number of hydrogen-bond acceptors (Lipinski definition) is 4. The lowest BCUT2D eigenvalue weighted by Crippen LogP contribution is -2.42. The number of methoxy groups -OCH3 is 2. The van der Waals surface area contributed by atoms with E-state index < -0.39 is 17.4 Å². The highest BCUT2D eigenvalue weighted by molar-refractivity contribution is 14.1. The minimum Gasteiger partial charge on any atom is -0.468 e. The second-order valence-electron chi connectivity index (χ2n) is 4.23. The molecule has 0 N–H and O–H groups in total. The number of ether oxygens (including phenoxy) is 2. The van der Waals surface area contributed by atoms with E-state index in [0.717, 1.165) is 9.13 Å². The van der Waals surface area contributed by atoms with Crippen LogP contribution in [0, 0.1) is 8.99 Å². The highest BCUT2D eigenvalue weighted by Crippen LogP contribution is 2.31. The van der Waals surface area contributed by atoms with Crippen molar-refractivity contribution in [3.8, 4) is 0 Å². The van der Waals surface area contributed by atoms with Gasteiger partial charge in [0.2, 0.25) is 0 Å². The second-order valence-corrected chi connectivity index (χ2v) is 5.47. The monoisotopic (exact) mass is 376 g/mol. The molecule has 4 nitrogen and oxygen atoms in total. The molecule has 0 fully saturated rings. The van der Waals surface area contributed by atoms with Crippen LogP contribution in [0.1, 0.15) is 18.9 Å². The van der Waals surface area contributed by atoms with Crippen LogP contribution in [0.25, 0.3) is 0 Å². The molecular weight excluding hydrogens is 359 g/mol. The van der Waals surface area contributed by atoms with Crippen molar-refractivity contribution in [3.05, 3.63) is 33.4 Å². The van der Waals surface area contributed by atoms with Gasteiger partial charge in [0.1, 0.15) is 0 Å². The zero-order valence-corrected chi connectivity index (χ0v) is 13.4. The SMILES string of the molecule is CCC(Cc1cccc(I)c1)(C(=O)OC)C(=O)OC. The lowest BCUT2D eigenvalue weighted by atomic mass is 9.79. The minimum absolute atomic E-state index is 0.277. The Morgan fingerprint density at radius 3 is 2.21 bits per heavy atom. The molecule has 0 aliphatic heterocycles. The number of esters is 2. The van der Waals surface area contributed by atoms with Crippen molar-refractivity contribution >= 4 is 34.5 Å². The summed E-state index contributed by atoms with van der Waals surface area (Å²) in [6, 6.07) is 7.68. The molecule has 0 heterocycles. The van der Waals surface area contributed by atoms with Crippen LogP contribution in [-0.2, 0) is 25.5 Å². The van der Waals surface area contributed by atoms with Gasteiger partial charge in [0.05, 0.1) is 14.2 Å². The first-order valence-corrected chi connectivity index (χ1v) is 6.99. The van der Waals surface area contributed by atoms with Gasteiger partial charge in [-0.2, -0.15) is 0 Å². The number of carbonyl (C=O) groups excluding carboxylic acids is 2. The molecule has 0 unspecified atom stereocenters. The normalized spacial score (nSPS) is 10.9. The van der Waals surface area contributed by atoms with E-state index in [2.05, 4.69) is 22.6 Å². The standard InChI is InChI=1S/C14H17IO4/c1-4-14(12(16)18-2,13(17)19-3)9-10-6-5-7-11(15)8-10/h5-8H,4,9H2,1-3H3. The fourth-order valence-electron chi connectivity index (χ4n) is 2.03. The number of hydrogen-bond donors (Lipinski definition) is 0. The van der Waals surface area contributed by atoms with E-state index in [1.807, 2.05) is 24.3 Å². The summed E-state index contributed by atoms with van der Waals surface area (Å²) >= 11 is 2.19. The summed E-state index contributed by atoms with van der Waals surface area (Å²) < 4.78 is 10.6. The highest BCUT2D eigenvalue weighted by atomic mass is 127. The van der Waals surface area contributed by atoms with E-state index >= 15 is 0 Å². The van der Waals surface area contributed by atoms with Gasteiger partial charge in [-0.3, -0.25) is 9.59 Å². The Morgan fingerprint density at radius 1 is 1.21 bits per heavy atom. The molecule has 0 aromatic heterocycles. The summed E-state index contributed by atoms with van der Waals surface area (Å²) in [7, 11) is 2.56. The third-order valence-electron chi connectivity index (χ3n) is 3.15. The molecule has 0 radical (unpaired) electrons. The maximum Gasteiger partial charge on any atom is 0.323 e. The van der Waals surface area contributed by atoms with Gasteiger partial charge in [0.15, 0.2) is 5.41 Å². The van der Waals surface area contributed by atoms with E-state index in [0.29, 0.717) is 6.42 Å². The maximum atomic E-state index is 12.0. The van der Waals surface area contributed by atoms with Crippen molar-refractivity contribution in [2.45, 2.75) is 19.8 Å². The Bertz CT molecular complexity index is 454. The minimum atomic E-state index is -1.27. The first kappa shape index (κ1) is 15.9. The number of rotatable bonds is 5. The van der Waals surface area contributed by atoms with E-state index in [1.165, 1.54) is 14.2 Å². The molecule has 0 bridgehead atoms. The third kappa shape index (κ3) is 3.46. The van der Waals surface area contributed by atoms with Gasteiger partial charge < -0.3 is 9.47 Å². The van der Waals surface area contributed by atoms with Crippen molar-refractivity contribution in [3.63, 3.8) is 0 Å².